The Labute approximate surface area is 78.2 Å². The molecule has 0 saturated carbocycles. The molecule has 0 aliphatic rings. The maximum Gasteiger partial charge on any atom is 0.280 e. The summed E-state index contributed by atoms with van der Waals surface area (Å²) >= 11 is 0. The van der Waals surface area contributed by atoms with Gasteiger partial charge in [0, 0.05) is 10.7 Å². The second kappa shape index (κ2) is 3.27. The molecule has 0 bridgehead atoms. The Morgan fingerprint density at radius 3 is 2.62 bits per heavy atom. The van der Waals surface area contributed by atoms with Gasteiger partial charge in [-0.05, 0) is 12.1 Å². The third kappa shape index (κ3) is 2.13. The highest BCUT2D eigenvalue weighted by atomic mass is 35.7. The van der Waals surface area contributed by atoms with Gasteiger partial charge in [0.1, 0.15) is 11.8 Å². The lowest BCUT2D eigenvalue weighted by atomic mass is 10.6. The predicted octanol–water partition coefficient (Wildman–Crippen LogP) is -0.255. The van der Waals surface area contributed by atoms with Crippen LogP contribution in [0.2, 0.25) is 0 Å². The molecule has 8 heteroatoms. The highest BCUT2D eigenvalue weighted by molar-refractivity contribution is 8.13. The van der Waals surface area contributed by atoms with Gasteiger partial charge in [0.05, 0.1) is 0 Å². The summed E-state index contributed by atoms with van der Waals surface area (Å²) in [6.45, 7) is 0. The molecule has 2 N–H and O–H groups in total. The second-order valence-corrected chi connectivity index (χ2v) is 4.58. The highest BCUT2D eigenvalue weighted by Gasteiger charge is 2.11. The lowest BCUT2D eigenvalue weighted by molar-refractivity contribution is 0.600. The van der Waals surface area contributed by atoms with Crippen LogP contribution in [0.1, 0.15) is 0 Å². The van der Waals surface area contributed by atoms with Crippen LogP contribution in [-0.2, 0) is 9.05 Å². The number of hydrogen-bond donors (Lipinski definition) is 2. The molecule has 0 fully saturated rings. The number of hydrogen-bond acceptors (Lipinski definition) is 5. The summed E-state index contributed by atoms with van der Waals surface area (Å²) in [5, 5.41) is 17.0. The Bertz CT molecular complexity index is 492. The molecule has 1 rings (SSSR count). The predicted molar refractivity (Wildman–Crippen MR) is 45.3 cm³/mol. The number of rotatable bonds is 2. The van der Waals surface area contributed by atoms with Crippen molar-refractivity contribution in [3.63, 3.8) is 0 Å². The van der Waals surface area contributed by atoms with Crippen molar-refractivity contribution in [3.8, 4) is 0 Å². The summed E-state index contributed by atoms with van der Waals surface area (Å²) in [6.07, 6.45) is 0.716. The number of halogens is 1. The van der Waals surface area contributed by atoms with Gasteiger partial charge in [-0.15, -0.1) is 0 Å². The molecule has 0 aliphatic carbocycles. The Morgan fingerprint density at radius 2 is 2.15 bits per heavy atom. The van der Waals surface area contributed by atoms with Crippen molar-refractivity contribution in [2.75, 3.05) is 0 Å². The van der Waals surface area contributed by atoms with Gasteiger partial charge in [-0.1, -0.05) is 0 Å². The average molecular weight is 221 g/mol. The van der Waals surface area contributed by atoms with Gasteiger partial charge in [0.15, 0.2) is 5.03 Å². The molecule has 0 unspecified atom stereocenters. The maximum absolute atomic E-state index is 10.8. The molecule has 0 radical (unpaired) electrons. The number of nitrogens with one attached hydrogen (secondary N) is 2. The molecule has 13 heavy (non-hydrogen) atoms. The van der Waals surface area contributed by atoms with Gasteiger partial charge >= 0.3 is 0 Å². The first-order valence-electron chi connectivity index (χ1n) is 3.05. The van der Waals surface area contributed by atoms with Gasteiger partial charge < -0.3 is 0 Å². The van der Waals surface area contributed by atoms with E-state index in [-0.39, 0.29) is 10.5 Å². The second-order valence-electron chi connectivity index (χ2n) is 2.07. The van der Waals surface area contributed by atoms with Crippen LogP contribution in [0, 0.1) is 10.8 Å². The monoisotopic (exact) mass is 220 g/mol. The van der Waals surface area contributed by atoms with Crippen molar-refractivity contribution in [1.29, 1.82) is 10.8 Å². The van der Waals surface area contributed by atoms with Crippen LogP contribution >= 0.6 is 10.7 Å². The molecule has 0 saturated heterocycles. The van der Waals surface area contributed by atoms with E-state index in [9.17, 15) is 8.42 Å². The van der Waals surface area contributed by atoms with Crippen molar-refractivity contribution >= 4 is 26.1 Å². The molecular weight excluding hydrogens is 216 g/mol. The molecule has 0 spiro atoms. The fourth-order valence-corrected chi connectivity index (χ4v) is 1.31. The third-order valence-corrected chi connectivity index (χ3v) is 2.40. The topological polar surface area (TPSA) is 99.7 Å². The van der Waals surface area contributed by atoms with Crippen molar-refractivity contribution in [2.45, 2.75) is 5.03 Å². The first-order chi connectivity index (χ1) is 5.95. The van der Waals surface area contributed by atoms with Crippen molar-refractivity contribution < 1.29 is 8.42 Å². The first-order valence-corrected chi connectivity index (χ1v) is 5.36. The fraction of sp³-hybridized carbons (Fsp3) is 0. The van der Waals surface area contributed by atoms with Crippen LogP contribution in [0.25, 0.3) is 0 Å². The zero-order chi connectivity index (χ0) is 10.1. The molecule has 0 aromatic carbocycles. The molecule has 1 aromatic heterocycles. The third-order valence-electron chi connectivity index (χ3n) is 1.21. The number of nitrogens with zero attached hydrogens (tertiary/aromatic N) is 2. The van der Waals surface area contributed by atoms with Gasteiger partial charge in [0.2, 0.25) is 0 Å². The van der Waals surface area contributed by atoms with E-state index in [4.69, 9.17) is 21.5 Å². The van der Waals surface area contributed by atoms with E-state index in [0.717, 1.165) is 10.7 Å². The van der Waals surface area contributed by atoms with Crippen LogP contribution < -0.4 is 5.49 Å². The molecule has 70 valence electrons. The summed E-state index contributed by atoms with van der Waals surface area (Å²) < 4.78 is 22.3. The van der Waals surface area contributed by atoms with Crippen LogP contribution in [0.5, 0.6) is 0 Å². The summed E-state index contributed by atoms with van der Waals surface area (Å²) in [4.78, 5) is 0. The van der Waals surface area contributed by atoms with Crippen LogP contribution in [0.4, 0.5) is 0 Å². The van der Waals surface area contributed by atoms with Crippen molar-refractivity contribution in [2.24, 2.45) is 0 Å². The first kappa shape index (κ1) is 9.87. The van der Waals surface area contributed by atoms with E-state index in [0.29, 0.717) is 6.34 Å². The quantitative estimate of drug-likeness (QED) is 0.408. The molecule has 6 nitrogen and oxygen atoms in total. The van der Waals surface area contributed by atoms with E-state index in [1.807, 2.05) is 0 Å². The minimum absolute atomic E-state index is 0.0981. The summed E-state index contributed by atoms with van der Waals surface area (Å²) in [6, 6.07) is 2.29. The van der Waals surface area contributed by atoms with Gasteiger partial charge in [-0.25, -0.2) is 13.1 Å². The fourth-order valence-electron chi connectivity index (χ4n) is 0.648. The van der Waals surface area contributed by atoms with Gasteiger partial charge in [-0.3, -0.25) is 10.8 Å². The van der Waals surface area contributed by atoms with Crippen LogP contribution in [-0.4, -0.2) is 24.5 Å². The lowest BCUT2D eigenvalue weighted by Crippen LogP contribution is -2.22. The highest BCUT2D eigenvalue weighted by Crippen LogP contribution is 2.08. The standard InChI is InChI=1S/C5H5ClN4O2S/c6-13(11,12)5-2-1-4(8)10(3-7)9-5/h1-3,7-8H. The largest absolute Gasteiger partial charge is 0.289 e. The molecule has 0 aliphatic heterocycles. The van der Waals surface area contributed by atoms with Crippen molar-refractivity contribution in [1.82, 2.24) is 9.78 Å². The summed E-state index contributed by atoms with van der Waals surface area (Å²) in [5.74, 6) is 0. The molecule has 1 heterocycles. The van der Waals surface area contributed by atoms with E-state index >= 15 is 0 Å². The van der Waals surface area contributed by atoms with Crippen LogP contribution in [0.3, 0.4) is 0 Å². The zero-order valence-electron chi connectivity index (χ0n) is 6.23. The minimum Gasteiger partial charge on any atom is -0.289 e. The van der Waals surface area contributed by atoms with E-state index in [1.54, 1.807) is 0 Å². The normalized spacial score (nSPS) is 11.2. The average Bonchev–Trinajstić information content (AvgIpc) is 2.03. The smallest absolute Gasteiger partial charge is 0.280 e. The number of aromatic nitrogens is 2. The van der Waals surface area contributed by atoms with Crippen LogP contribution in [0.15, 0.2) is 17.2 Å². The Balaban J connectivity index is 3.47. The summed E-state index contributed by atoms with van der Waals surface area (Å²) in [7, 11) is 1.10. The SMILES string of the molecule is N=Cn1nc(S(=O)(=O)Cl)ccc1=N. The van der Waals surface area contributed by atoms with Gasteiger partial charge in [-0.2, -0.15) is 5.10 Å². The Kier molecular flexibility index (Phi) is 2.48. The van der Waals surface area contributed by atoms with E-state index in [1.165, 1.54) is 6.07 Å². The lowest BCUT2D eigenvalue weighted by Gasteiger charge is -1.98. The Morgan fingerprint density at radius 1 is 1.54 bits per heavy atom. The van der Waals surface area contributed by atoms with Crippen molar-refractivity contribution in [3.05, 3.63) is 17.6 Å². The Hall–Kier alpha value is -1.21. The zero-order valence-corrected chi connectivity index (χ0v) is 7.80. The van der Waals surface area contributed by atoms with E-state index in [2.05, 4.69) is 5.10 Å². The molecule has 0 amide bonds. The van der Waals surface area contributed by atoms with E-state index < -0.39 is 9.05 Å². The minimum atomic E-state index is -3.90. The van der Waals surface area contributed by atoms with Gasteiger partial charge in [0.25, 0.3) is 9.05 Å². The summed E-state index contributed by atoms with van der Waals surface area (Å²) in [5.41, 5.74) is -0.0981. The molecular formula is C5H5ClN4O2S. The maximum atomic E-state index is 10.8. The molecule has 1 aromatic rings. The molecule has 0 atom stereocenters.